The molecule has 1 atom stereocenters. The van der Waals surface area contributed by atoms with E-state index < -0.39 is 0 Å². The van der Waals surface area contributed by atoms with Crippen LogP contribution in [0.25, 0.3) is 0 Å². The van der Waals surface area contributed by atoms with Crippen LogP contribution in [0, 0.1) is 0 Å². The Labute approximate surface area is 349 Å². The van der Waals surface area contributed by atoms with Crippen LogP contribution in [0.15, 0.2) is 60.0 Å². The minimum atomic E-state index is -0.272. The van der Waals surface area contributed by atoms with E-state index in [9.17, 15) is 14.4 Å². The van der Waals surface area contributed by atoms with Crippen molar-refractivity contribution in [1.29, 1.82) is 0 Å². The minimum absolute atomic E-state index is 0.143. The molecule has 3 aromatic rings. The van der Waals surface area contributed by atoms with Crippen LogP contribution in [0.3, 0.4) is 0 Å². The Balaban J connectivity index is 1.03. The number of thiophene rings is 1. The SMILES string of the molecule is CCCCCCCCCCCCCCCCCCCC(=O)c1ccc(C(=O)NCCCC(=O)Oc2cccc3c2CC[C@H](N(CCC)CCc2cccs2)C3)cc1. The fourth-order valence-electron chi connectivity index (χ4n) is 8.31. The Morgan fingerprint density at radius 2 is 1.32 bits per heavy atom. The second kappa shape index (κ2) is 28.2. The van der Waals surface area contributed by atoms with E-state index in [1.165, 1.54) is 107 Å². The van der Waals surface area contributed by atoms with Gasteiger partial charge in [0.05, 0.1) is 0 Å². The topological polar surface area (TPSA) is 75.7 Å². The molecule has 0 saturated heterocycles. The molecular weight excluding hydrogens is 725 g/mol. The van der Waals surface area contributed by atoms with E-state index in [1.807, 2.05) is 23.5 Å². The van der Waals surface area contributed by atoms with Crippen LogP contribution in [0.1, 0.15) is 192 Å². The maximum atomic E-state index is 12.8. The number of ketones is 1. The molecule has 1 aliphatic carbocycles. The molecular formula is C50H74N2O4S. The fourth-order valence-corrected chi connectivity index (χ4v) is 9.00. The Hall–Kier alpha value is -3.29. The van der Waals surface area contributed by atoms with Crippen molar-refractivity contribution >= 4 is 29.0 Å². The van der Waals surface area contributed by atoms with Gasteiger partial charge in [-0.15, -0.1) is 11.3 Å². The summed E-state index contributed by atoms with van der Waals surface area (Å²) in [6.07, 6.45) is 29.0. The van der Waals surface area contributed by atoms with E-state index in [1.54, 1.807) is 24.3 Å². The molecule has 1 amide bonds. The van der Waals surface area contributed by atoms with Crippen molar-refractivity contribution in [3.05, 3.63) is 87.1 Å². The summed E-state index contributed by atoms with van der Waals surface area (Å²) in [5.74, 6) is 0.352. The van der Waals surface area contributed by atoms with Gasteiger partial charge < -0.3 is 10.1 Å². The second-order valence-electron chi connectivity index (χ2n) is 16.4. The number of nitrogens with zero attached hydrogens (tertiary/aromatic N) is 1. The molecule has 2 aromatic carbocycles. The first-order chi connectivity index (χ1) is 28.0. The van der Waals surface area contributed by atoms with Gasteiger partial charge in [0.15, 0.2) is 5.78 Å². The lowest BCUT2D eigenvalue weighted by molar-refractivity contribution is -0.134. The quantitative estimate of drug-likeness (QED) is 0.0304. The smallest absolute Gasteiger partial charge is 0.311 e. The first kappa shape index (κ1) is 46.4. The number of benzene rings is 2. The lowest BCUT2D eigenvalue weighted by Gasteiger charge is -2.35. The third-order valence-corrected chi connectivity index (χ3v) is 12.6. The number of ether oxygens (including phenoxy) is 1. The standard InChI is InChI=1S/C50H74N2O4S/c1-3-5-6-7-8-9-10-11-12-13-14-15-16-17-18-19-20-26-47(53)41-29-31-42(32-30-41)50(55)51-36-22-28-49(54)56-48-27-21-24-43-40-44(33-34-46(43)48)52(37-4-2)38-35-45-25-23-39-57-45/h21,23-25,27,29-32,39,44H,3-20,22,26,28,33-38,40H2,1-2H3,(H,51,55)/t44-/m0/s1. The first-order valence-electron chi connectivity index (χ1n) is 23.0. The molecule has 0 spiro atoms. The molecule has 0 fully saturated rings. The van der Waals surface area contributed by atoms with Crippen molar-refractivity contribution in [3.8, 4) is 5.75 Å². The normalized spacial score (nSPS) is 13.8. The van der Waals surface area contributed by atoms with Crippen molar-refractivity contribution in [1.82, 2.24) is 10.2 Å². The number of carbonyl (C=O) groups excluding carboxylic acids is 3. The number of Topliss-reactive ketones (excluding diaryl/α,β-unsaturated/α-hetero) is 1. The van der Waals surface area contributed by atoms with Crippen LogP contribution in [0.5, 0.6) is 5.75 Å². The van der Waals surface area contributed by atoms with Crippen LogP contribution < -0.4 is 10.1 Å². The predicted molar refractivity (Wildman–Crippen MR) is 239 cm³/mol. The molecule has 0 radical (unpaired) electrons. The molecule has 7 heteroatoms. The van der Waals surface area contributed by atoms with Crippen LogP contribution in [-0.4, -0.2) is 48.2 Å². The minimum Gasteiger partial charge on any atom is -0.426 e. The molecule has 4 rings (SSSR count). The largest absolute Gasteiger partial charge is 0.426 e. The van der Waals surface area contributed by atoms with Gasteiger partial charge in [-0.05, 0) is 92.3 Å². The summed E-state index contributed by atoms with van der Waals surface area (Å²) in [7, 11) is 0. The highest BCUT2D eigenvalue weighted by Gasteiger charge is 2.26. The predicted octanol–water partition coefficient (Wildman–Crippen LogP) is 12.9. The zero-order chi connectivity index (χ0) is 40.3. The zero-order valence-corrected chi connectivity index (χ0v) is 36.5. The van der Waals surface area contributed by atoms with Crippen LogP contribution >= 0.6 is 11.3 Å². The van der Waals surface area contributed by atoms with E-state index in [0.29, 0.717) is 42.3 Å². The van der Waals surface area contributed by atoms with Gasteiger partial charge in [-0.2, -0.15) is 0 Å². The third-order valence-electron chi connectivity index (χ3n) is 11.7. The fraction of sp³-hybridized carbons (Fsp3) is 0.620. The highest BCUT2D eigenvalue weighted by molar-refractivity contribution is 7.09. The van der Waals surface area contributed by atoms with Gasteiger partial charge in [0.1, 0.15) is 5.75 Å². The lowest BCUT2D eigenvalue weighted by atomic mass is 9.86. The molecule has 314 valence electrons. The molecule has 0 unspecified atom stereocenters. The van der Waals surface area contributed by atoms with Crippen LogP contribution in [-0.2, 0) is 24.1 Å². The number of hydrogen-bond acceptors (Lipinski definition) is 6. The average Bonchev–Trinajstić information content (AvgIpc) is 3.76. The molecule has 1 aliphatic rings. The van der Waals surface area contributed by atoms with Gasteiger partial charge in [0.25, 0.3) is 5.91 Å². The monoisotopic (exact) mass is 799 g/mol. The van der Waals surface area contributed by atoms with Gasteiger partial charge in [-0.3, -0.25) is 19.3 Å². The number of carbonyl (C=O) groups is 3. The summed E-state index contributed by atoms with van der Waals surface area (Å²) in [5, 5.41) is 5.07. The lowest BCUT2D eigenvalue weighted by Crippen LogP contribution is -2.41. The number of hydrogen-bond donors (Lipinski definition) is 1. The average molecular weight is 799 g/mol. The number of fused-ring (bicyclic) bond motifs is 1. The molecule has 0 bridgehead atoms. The summed E-state index contributed by atoms with van der Waals surface area (Å²) >= 11 is 1.84. The van der Waals surface area contributed by atoms with Gasteiger partial charge in [0, 0.05) is 48.0 Å². The van der Waals surface area contributed by atoms with Gasteiger partial charge in [0.2, 0.25) is 0 Å². The summed E-state index contributed by atoms with van der Waals surface area (Å²) in [6.45, 7) is 7.08. The molecule has 0 aliphatic heterocycles. The molecule has 6 nitrogen and oxygen atoms in total. The van der Waals surface area contributed by atoms with E-state index in [4.69, 9.17) is 4.74 Å². The summed E-state index contributed by atoms with van der Waals surface area (Å²) in [5.41, 5.74) is 3.62. The second-order valence-corrected chi connectivity index (χ2v) is 17.4. The number of esters is 1. The molecule has 1 heterocycles. The number of rotatable bonds is 31. The highest BCUT2D eigenvalue weighted by atomic mass is 32.1. The summed E-state index contributed by atoms with van der Waals surface area (Å²) in [6, 6.07) is 17.9. The number of nitrogens with one attached hydrogen (secondary N) is 1. The van der Waals surface area contributed by atoms with Gasteiger partial charge >= 0.3 is 5.97 Å². The van der Waals surface area contributed by atoms with Gasteiger partial charge in [-0.25, -0.2) is 0 Å². The third kappa shape index (κ3) is 18.0. The van der Waals surface area contributed by atoms with Crippen LogP contribution in [0.4, 0.5) is 0 Å². The van der Waals surface area contributed by atoms with Crippen LogP contribution in [0.2, 0.25) is 0 Å². The van der Waals surface area contributed by atoms with E-state index in [2.05, 4.69) is 47.6 Å². The molecule has 1 aromatic heterocycles. The van der Waals surface area contributed by atoms with Gasteiger partial charge in [-0.1, -0.05) is 147 Å². The van der Waals surface area contributed by atoms with E-state index >= 15 is 0 Å². The Morgan fingerprint density at radius 1 is 0.684 bits per heavy atom. The number of unbranched alkanes of at least 4 members (excludes halogenated alkanes) is 16. The van der Waals surface area contributed by atoms with Crippen molar-refractivity contribution in [2.24, 2.45) is 0 Å². The van der Waals surface area contributed by atoms with Crippen molar-refractivity contribution < 1.29 is 19.1 Å². The maximum Gasteiger partial charge on any atom is 0.311 e. The molecule has 1 N–H and O–H groups in total. The zero-order valence-electron chi connectivity index (χ0n) is 35.6. The maximum absolute atomic E-state index is 12.8. The Kier molecular flexibility index (Phi) is 22.9. The molecule has 57 heavy (non-hydrogen) atoms. The highest BCUT2D eigenvalue weighted by Crippen LogP contribution is 2.32. The Bertz CT molecular complexity index is 1550. The van der Waals surface area contributed by atoms with E-state index in [0.717, 1.165) is 63.6 Å². The van der Waals surface area contributed by atoms with Crippen molar-refractivity contribution in [2.45, 2.75) is 180 Å². The van der Waals surface area contributed by atoms with Crippen molar-refractivity contribution in [2.75, 3.05) is 19.6 Å². The first-order valence-corrected chi connectivity index (χ1v) is 23.9. The summed E-state index contributed by atoms with van der Waals surface area (Å²) < 4.78 is 5.87. The van der Waals surface area contributed by atoms with E-state index in [-0.39, 0.29) is 24.1 Å². The summed E-state index contributed by atoms with van der Waals surface area (Å²) in [4.78, 5) is 42.4. The molecule has 0 saturated carbocycles. The number of amides is 1. The van der Waals surface area contributed by atoms with Crippen molar-refractivity contribution in [3.63, 3.8) is 0 Å². The Morgan fingerprint density at radius 3 is 1.93 bits per heavy atom.